The lowest BCUT2D eigenvalue weighted by Crippen LogP contribution is -2.16. The van der Waals surface area contributed by atoms with E-state index in [0.717, 1.165) is 0 Å². The summed E-state index contributed by atoms with van der Waals surface area (Å²) in [5, 5.41) is 2.65. The second kappa shape index (κ2) is 6.03. The molecule has 0 unspecified atom stereocenters. The van der Waals surface area contributed by atoms with Crippen LogP contribution in [0.15, 0.2) is 24.3 Å². The minimum atomic E-state index is -0.139. The van der Waals surface area contributed by atoms with Gasteiger partial charge in [-0.3, -0.25) is 9.59 Å². The summed E-state index contributed by atoms with van der Waals surface area (Å²) in [5.41, 5.74) is 0.659. The number of rotatable bonds is 5. The van der Waals surface area contributed by atoms with Crippen molar-refractivity contribution in [3.05, 3.63) is 24.3 Å². The average Bonchev–Trinajstić information content (AvgIpc) is 2.25. The zero-order chi connectivity index (χ0) is 12.8. The summed E-state index contributed by atoms with van der Waals surface area (Å²) < 4.78 is 5.35. The zero-order valence-corrected chi connectivity index (χ0v) is 10.3. The van der Waals surface area contributed by atoms with Crippen molar-refractivity contribution in [1.29, 1.82) is 0 Å². The lowest BCUT2D eigenvalue weighted by atomic mass is 10.1. The van der Waals surface area contributed by atoms with Gasteiger partial charge in [0.2, 0.25) is 5.91 Å². The molecular weight excluding hydrogens is 218 g/mol. The quantitative estimate of drug-likeness (QED) is 0.851. The third-order valence-corrected chi connectivity index (χ3v) is 2.18. The van der Waals surface area contributed by atoms with Gasteiger partial charge in [0.05, 0.1) is 0 Å². The normalized spacial score (nSPS) is 10.1. The van der Waals surface area contributed by atoms with Gasteiger partial charge in [-0.2, -0.15) is 0 Å². The van der Waals surface area contributed by atoms with E-state index in [1.807, 2.05) is 13.8 Å². The molecule has 92 valence electrons. The summed E-state index contributed by atoms with van der Waals surface area (Å²) in [6.07, 6.45) is 0. The largest absolute Gasteiger partial charge is 0.486 e. The summed E-state index contributed by atoms with van der Waals surface area (Å²) in [7, 11) is 0. The predicted octanol–water partition coefficient (Wildman–Crippen LogP) is 2.25. The van der Waals surface area contributed by atoms with Gasteiger partial charge in [-0.25, -0.2) is 0 Å². The van der Waals surface area contributed by atoms with Crippen LogP contribution in [-0.4, -0.2) is 18.3 Å². The second-order valence-corrected chi connectivity index (χ2v) is 4.12. The Bertz CT molecular complexity index is 413. The maximum Gasteiger partial charge on any atom is 0.221 e. The highest BCUT2D eigenvalue weighted by Gasteiger charge is 2.08. The van der Waals surface area contributed by atoms with Crippen LogP contribution in [0.25, 0.3) is 0 Å². The number of hydrogen-bond acceptors (Lipinski definition) is 3. The summed E-state index contributed by atoms with van der Waals surface area (Å²) in [5.74, 6) is 0.453. The fourth-order valence-corrected chi connectivity index (χ4v) is 1.19. The Kier molecular flexibility index (Phi) is 4.69. The Balaban J connectivity index is 2.60. The minimum Gasteiger partial charge on any atom is -0.486 e. The van der Waals surface area contributed by atoms with Gasteiger partial charge in [0.15, 0.2) is 5.78 Å². The molecule has 1 aromatic rings. The molecule has 0 bridgehead atoms. The van der Waals surface area contributed by atoms with Gasteiger partial charge in [-0.05, 0) is 12.1 Å². The first-order valence-electron chi connectivity index (χ1n) is 5.52. The number of hydrogen-bond donors (Lipinski definition) is 1. The van der Waals surface area contributed by atoms with Crippen LogP contribution in [0.2, 0.25) is 0 Å². The standard InChI is InChI=1S/C13H17NO3/c1-9(2)13(16)8-17-12-6-4-5-11(7-12)14-10(3)15/h4-7,9H,8H2,1-3H3,(H,14,15). The molecule has 0 aromatic heterocycles. The molecule has 0 saturated carbocycles. The van der Waals surface area contributed by atoms with E-state index in [1.54, 1.807) is 24.3 Å². The first kappa shape index (κ1) is 13.2. The average molecular weight is 235 g/mol. The van der Waals surface area contributed by atoms with Crippen LogP contribution in [0.3, 0.4) is 0 Å². The molecule has 0 aliphatic carbocycles. The SMILES string of the molecule is CC(=O)Nc1cccc(OCC(=O)C(C)C)c1. The fraction of sp³-hybridized carbons (Fsp3) is 0.385. The molecule has 0 aliphatic heterocycles. The molecular formula is C13H17NO3. The van der Waals surface area contributed by atoms with Crippen molar-refractivity contribution in [2.45, 2.75) is 20.8 Å². The Morgan fingerprint density at radius 2 is 2.06 bits per heavy atom. The van der Waals surface area contributed by atoms with Crippen molar-refractivity contribution < 1.29 is 14.3 Å². The van der Waals surface area contributed by atoms with Gasteiger partial charge >= 0.3 is 0 Å². The van der Waals surface area contributed by atoms with E-state index in [0.29, 0.717) is 11.4 Å². The topological polar surface area (TPSA) is 55.4 Å². The van der Waals surface area contributed by atoms with Crippen LogP contribution in [0.4, 0.5) is 5.69 Å². The first-order chi connectivity index (χ1) is 7.99. The summed E-state index contributed by atoms with van der Waals surface area (Å²) in [6.45, 7) is 5.16. The molecule has 1 amide bonds. The molecule has 4 heteroatoms. The number of carbonyl (C=O) groups is 2. The van der Waals surface area contributed by atoms with Crippen LogP contribution in [-0.2, 0) is 9.59 Å². The van der Waals surface area contributed by atoms with E-state index in [2.05, 4.69) is 5.32 Å². The maximum atomic E-state index is 11.4. The Hall–Kier alpha value is -1.84. The minimum absolute atomic E-state index is 0.0338. The molecule has 17 heavy (non-hydrogen) atoms. The lowest BCUT2D eigenvalue weighted by Gasteiger charge is -2.09. The number of ketones is 1. The van der Waals surface area contributed by atoms with E-state index in [-0.39, 0.29) is 24.2 Å². The van der Waals surface area contributed by atoms with Crippen molar-refractivity contribution in [1.82, 2.24) is 0 Å². The van der Waals surface area contributed by atoms with Crippen LogP contribution in [0.1, 0.15) is 20.8 Å². The molecule has 1 N–H and O–H groups in total. The van der Waals surface area contributed by atoms with Crippen LogP contribution in [0.5, 0.6) is 5.75 Å². The number of Topliss-reactive ketones (excluding diaryl/α,β-unsaturated/α-hetero) is 1. The molecule has 1 rings (SSSR count). The van der Waals surface area contributed by atoms with Crippen molar-refractivity contribution in [2.75, 3.05) is 11.9 Å². The van der Waals surface area contributed by atoms with E-state index in [1.165, 1.54) is 6.92 Å². The number of benzene rings is 1. The molecule has 4 nitrogen and oxygen atoms in total. The van der Waals surface area contributed by atoms with E-state index >= 15 is 0 Å². The third-order valence-electron chi connectivity index (χ3n) is 2.18. The summed E-state index contributed by atoms with van der Waals surface area (Å²) in [6, 6.07) is 6.97. The third kappa shape index (κ3) is 4.68. The van der Waals surface area contributed by atoms with E-state index < -0.39 is 0 Å². The number of anilines is 1. The molecule has 1 aromatic carbocycles. The maximum absolute atomic E-state index is 11.4. The summed E-state index contributed by atoms with van der Waals surface area (Å²) >= 11 is 0. The van der Waals surface area contributed by atoms with Crippen LogP contribution < -0.4 is 10.1 Å². The van der Waals surface area contributed by atoms with E-state index in [4.69, 9.17) is 4.74 Å². The number of ether oxygens (including phenoxy) is 1. The van der Waals surface area contributed by atoms with E-state index in [9.17, 15) is 9.59 Å². The highest BCUT2D eigenvalue weighted by atomic mass is 16.5. The monoisotopic (exact) mass is 235 g/mol. The smallest absolute Gasteiger partial charge is 0.221 e. The van der Waals surface area contributed by atoms with Gasteiger partial charge in [0.1, 0.15) is 12.4 Å². The van der Waals surface area contributed by atoms with Gasteiger partial charge in [0, 0.05) is 24.6 Å². The van der Waals surface area contributed by atoms with Crippen molar-refractivity contribution in [2.24, 2.45) is 5.92 Å². The van der Waals surface area contributed by atoms with Crippen molar-refractivity contribution in [3.63, 3.8) is 0 Å². The molecule has 0 atom stereocenters. The highest BCUT2D eigenvalue weighted by Crippen LogP contribution is 2.17. The summed E-state index contributed by atoms with van der Waals surface area (Å²) in [4.78, 5) is 22.3. The number of carbonyl (C=O) groups excluding carboxylic acids is 2. The number of nitrogens with one attached hydrogen (secondary N) is 1. The Morgan fingerprint density at radius 3 is 2.65 bits per heavy atom. The fourth-order valence-electron chi connectivity index (χ4n) is 1.19. The number of amides is 1. The lowest BCUT2D eigenvalue weighted by molar-refractivity contribution is -0.123. The van der Waals surface area contributed by atoms with Gasteiger partial charge in [-0.1, -0.05) is 19.9 Å². The van der Waals surface area contributed by atoms with Gasteiger partial charge in [-0.15, -0.1) is 0 Å². The predicted molar refractivity (Wildman–Crippen MR) is 66.1 cm³/mol. The molecule has 0 saturated heterocycles. The van der Waals surface area contributed by atoms with Crippen molar-refractivity contribution >= 4 is 17.4 Å². The van der Waals surface area contributed by atoms with Crippen LogP contribution in [0, 0.1) is 5.92 Å². The Labute approximate surface area is 101 Å². The zero-order valence-electron chi connectivity index (χ0n) is 10.3. The van der Waals surface area contributed by atoms with Gasteiger partial charge < -0.3 is 10.1 Å². The Morgan fingerprint density at radius 1 is 1.35 bits per heavy atom. The molecule has 0 fully saturated rings. The molecule has 0 aliphatic rings. The molecule has 0 radical (unpaired) electrons. The van der Waals surface area contributed by atoms with Gasteiger partial charge in [0.25, 0.3) is 0 Å². The highest BCUT2D eigenvalue weighted by molar-refractivity contribution is 5.88. The molecule has 0 heterocycles. The van der Waals surface area contributed by atoms with Crippen LogP contribution >= 0.6 is 0 Å². The first-order valence-corrected chi connectivity index (χ1v) is 5.52. The second-order valence-electron chi connectivity index (χ2n) is 4.12. The van der Waals surface area contributed by atoms with Crippen molar-refractivity contribution in [3.8, 4) is 5.75 Å². The molecule has 0 spiro atoms.